The number of allylic oxidation sites excluding steroid dienone is 1. The van der Waals surface area contributed by atoms with Crippen molar-refractivity contribution in [2.24, 2.45) is 5.73 Å². The first-order valence-corrected chi connectivity index (χ1v) is 4.19. The molecule has 0 aliphatic rings. The van der Waals surface area contributed by atoms with Crippen LogP contribution < -0.4 is 5.73 Å². The fraction of sp³-hybridized carbons (Fsp3) is 0.667. The molecule has 0 saturated heterocycles. The van der Waals surface area contributed by atoms with Gasteiger partial charge in [0.2, 0.25) is 0 Å². The van der Waals surface area contributed by atoms with E-state index in [0.29, 0.717) is 11.3 Å². The lowest BCUT2D eigenvalue weighted by atomic mass is 10.2. The van der Waals surface area contributed by atoms with Gasteiger partial charge in [0.1, 0.15) is 0 Å². The van der Waals surface area contributed by atoms with Crippen molar-refractivity contribution in [1.82, 2.24) is 4.90 Å². The molecule has 0 aromatic rings. The highest BCUT2D eigenvalue weighted by Gasteiger charge is 2.10. The van der Waals surface area contributed by atoms with E-state index >= 15 is 0 Å². The van der Waals surface area contributed by atoms with Crippen LogP contribution >= 0.6 is 0 Å². The van der Waals surface area contributed by atoms with Crippen molar-refractivity contribution in [3.8, 4) is 0 Å². The number of amides is 1. The largest absolute Gasteiger partial charge is 0.402 e. The van der Waals surface area contributed by atoms with Gasteiger partial charge in [-0.1, -0.05) is 6.92 Å². The zero-order valence-corrected chi connectivity index (χ0v) is 8.35. The summed E-state index contributed by atoms with van der Waals surface area (Å²) < 4.78 is 0. The van der Waals surface area contributed by atoms with Gasteiger partial charge >= 0.3 is 0 Å². The van der Waals surface area contributed by atoms with E-state index in [1.54, 1.807) is 25.8 Å². The van der Waals surface area contributed by atoms with E-state index < -0.39 is 0 Å². The van der Waals surface area contributed by atoms with Gasteiger partial charge in [0, 0.05) is 24.9 Å². The zero-order valence-electron chi connectivity index (χ0n) is 8.35. The van der Waals surface area contributed by atoms with Crippen molar-refractivity contribution in [1.29, 1.82) is 0 Å². The van der Waals surface area contributed by atoms with E-state index in [9.17, 15) is 4.79 Å². The number of rotatable bonds is 3. The molecule has 12 heavy (non-hydrogen) atoms. The Morgan fingerprint density at radius 2 is 1.92 bits per heavy atom. The summed E-state index contributed by atoms with van der Waals surface area (Å²) in [6.45, 7) is 6.32. The zero-order chi connectivity index (χ0) is 9.72. The lowest BCUT2D eigenvalue weighted by Crippen LogP contribution is -2.29. The van der Waals surface area contributed by atoms with Gasteiger partial charge in [-0.3, -0.25) is 4.79 Å². The Balaban J connectivity index is 4.30. The van der Waals surface area contributed by atoms with Crippen LogP contribution in [0.3, 0.4) is 0 Å². The number of nitrogens with zero attached hydrogens (tertiary/aromatic N) is 1. The molecular weight excluding hydrogens is 152 g/mol. The maximum atomic E-state index is 11.5. The van der Waals surface area contributed by atoms with E-state index in [4.69, 9.17) is 5.73 Å². The second-order valence-electron chi connectivity index (χ2n) is 3.03. The van der Waals surface area contributed by atoms with Crippen LogP contribution in [-0.4, -0.2) is 24.4 Å². The van der Waals surface area contributed by atoms with Crippen LogP contribution in [0.1, 0.15) is 27.2 Å². The molecule has 0 fully saturated rings. The van der Waals surface area contributed by atoms with E-state index in [2.05, 4.69) is 0 Å². The third kappa shape index (κ3) is 2.95. The summed E-state index contributed by atoms with van der Waals surface area (Å²) in [7, 11) is 1.79. The predicted molar refractivity (Wildman–Crippen MR) is 50.5 cm³/mol. The molecule has 2 N–H and O–H groups in total. The fourth-order valence-electron chi connectivity index (χ4n) is 0.892. The Hall–Kier alpha value is -0.990. The van der Waals surface area contributed by atoms with Crippen molar-refractivity contribution < 1.29 is 4.79 Å². The normalized spacial score (nSPS) is 12.3. The van der Waals surface area contributed by atoms with Gasteiger partial charge in [-0.25, -0.2) is 0 Å². The molecule has 0 atom stereocenters. The van der Waals surface area contributed by atoms with Gasteiger partial charge in [-0.15, -0.1) is 0 Å². The molecule has 0 unspecified atom stereocenters. The maximum absolute atomic E-state index is 11.5. The van der Waals surface area contributed by atoms with Crippen LogP contribution in [0.15, 0.2) is 11.3 Å². The van der Waals surface area contributed by atoms with Crippen LogP contribution in [0.4, 0.5) is 0 Å². The molecular formula is C9H18N2O. The first-order valence-electron chi connectivity index (χ1n) is 4.19. The standard InChI is InChI=1S/C9H18N2O/c1-5-6-11(4)9(12)7(2)8(3)10/h5-6,10H2,1-4H3/b8-7-. The Labute approximate surface area is 74.2 Å². The van der Waals surface area contributed by atoms with Gasteiger partial charge in [0.15, 0.2) is 0 Å². The summed E-state index contributed by atoms with van der Waals surface area (Å²) in [5.41, 5.74) is 6.75. The van der Waals surface area contributed by atoms with Crippen molar-refractivity contribution >= 4 is 5.91 Å². The molecule has 70 valence electrons. The van der Waals surface area contributed by atoms with Gasteiger partial charge in [0.25, 0.3) is 5.91 Å². The minimum atomic E-state index is 0.0249. The van der Waals surface area contributed by atoms with Gasteiger partial charge < -0.3 is 10.6 Å². The van der Waals surface area contributed by atoms with E-state index in [0.717, 1.165) is 13.0 Å². The number of hydrogen-bond acceptors (Lipinski definition) is 2. The summed E-state index contributed by atoms with van der Waals surface area (Å²) in [4.78, 5) is 13.1. The van der Waals surface area contributed by atoms with Crippen molar-refractivity contribution in [3.05, 3.63) is 11.3 Å². The summed E-state index contributed by atoms with van der Waals surface area (Å²) in [5, 5.41) is 0. The fourth-order valence-corrected chi connectivity index (χ4v) is 0.892. The summed E-state index contributed by atoms with van der Waals surface area (Å²) in [5.74, 6) is 0.0249. The van der Waals surface area contributed by atoms with Crippen LogP contribution in [0.2, 0.25) is 0 Å². The Morgan fingerprint density at radius 1 is 1.42 bits per heavy atom. The van der Waals surface area contributed by atoms with Crippen LogP contribution in [0.25, 0.3) is 0 Å². The molecule has 0 aliphatic heterocycles. The van der Waals surface area contributed by atoms with E-state index in [-0.39, 0.29) is 5.91 Å². The quantitative estimate of drug-likeness (QED) is 0.645. The van der Waals surface area contributed by atoms with Crippen LogP contribution in [-0.2, 0) is 4.79 Å². The molecule has 0 spiro atoms. The molecule has 3 heteroatoms. The SMILES string of the molecule is CCCN(C)C(=O)/C(C)=C(/C)N. The highest BCUT2D eigenvalue weighted by molar-refractivity contribution is 5.93. The number of nitrogens with two attached hydrogens (primary N) is 1. The second kappa shape index (κ2) is 4.80. The summed E-state index contributed by atoms with van der Waals surface area (Å²) >= 11 is 0. The molecule has 0 bridgehead atoms. The molecule has 0 rings (SSSR count). The summed E-state index contributed by atoms with van der Waals surface area (Å²) in [6.07, 6.45) is 0.971. The smallest absolute Gasteiger partial charge is 0.250 e. The molecule has 3 nitrogen and oxygen atoms in total. The van der Waals surface area contributed by atoms with Crippen molar-refractivity contribution in [2.75, 3.05) is 13.6 Å². The van der Waals surface area contributed by atoms with Gasteiger partial charge in [-0.2, -0.15) is 0 Å². The van der Waals surface area contributed by atoms with Crippen molar-refractivity contribution in [3.63, 3.8) is 0 Å². The molecule has 0 heterocycles. The van der Waals surface area contributed by atoms with Gasteiger partial charge in [0.05, 0.1) is 0 Å². The van der Waals surface area contributed by atoms with E-state index in [1.165, 1.54) is 0 Å². The highest BCUT2D eigenvalue weighted by Crippen LogP contribution is 2.02. The Bertz CT molecular complexity index is 193. The molecule has 0 aliphatic carbocycles. The number of likely N-dealkylation sites (N-methyl/N-ethyl adjacent to an activating group) is 1. The average Bonchev–Trinajstić information content (AvgIpc) is 2.02. The first kappa shape index (κ1) is 11.0. The minimum absolute atomic E-state index is 0.0249. The third-order valence-electron chi connectivity index (χ3n) is 1.82. The minimum Gasteiger partial charge on any atom is -0.402 e. The molecule has 0 aromatic heterocycles. The monoisotopic (exact) mass is 170 g/mol. The molecule has 0 radical (unpaired) electrons. The topological polar surface area (TPSA) is 46.3 Å². The predicted octanol–water partition coefficient (Wildman–Crippen LogP) is 1.11. The van der Waals surface area contributed by atoms with Crippen LogP contribution in [0, 0.1) is 0 Å². The Morgan fingerprint density at radius 3 is 2.25 bits per heavy atom. The lowest BCUT2D eigenvalue weighted by molar-refractivity contribution is -0.125. The number of carbonyl (C=O) groups is 1. The van der Waals surface area contributed by atoms with E-state index in [1.807, 2.05) is 6.92 Å². The molecule has 1 amide bonds. The van der Waals surface area contributed by atoms with Gasteiger partial charge in [-0.05, 0) is 20.3 Å². The number of carbonyl (C=O) groups excluding carboxylic acids is 1. The molecule has 0 saturated carbocycles. The lowest BCUT2D eigenvalue weighted by Gasteiger charge is -2.16. The maximum Gasteiger partial charge on any atom is 0.250 e. The summed E-state index contributed by atoms with van der Waals surface area (Å²) in [6, 6.07) is 0. The molecule has 0 aromatic carbocycles. The van der Waals surface area contributed by atoms with Crippen LogP contribution in [0.5, 0.6) is 0 Å². The average molecular weight is 170 g/mol. The second-order valence-corrected chi connectivity index (χ2v) is 3.03. The van der Waals surface area contributed by atoms with Crippen molar-refractivity contribution in [2.45, 2.75) is 27.2 Å². The number of hydrogen-bond donors (Lipinski definition) is 1. The third-order valence-corrected chi connectivity index (χ3v) is 1.82. The highest BCUT2D eigenvalue weighted by atomic mass is 16.2. The first-order chi connectivity index (χ1) is 5.50. The Kier molecular flexibility index (Phi) is 4.40.